The summed E-state index contributed by atoms with van der Waals surface area (Å²) >= 11 is 0. The van der Waals surface area contributed by atoms with Crippen molar-refractivity contribution in [3.05, 3.63) is 53.5 Å². The van der Waals surface area contributed by atoms with Crippen LogP contribution in [0.4, 0.5) is 10.6 Å². The molecular weight excluding hydrogens is 356 g/mol. The van der Waals surface area contributed by atoms with Crippen LogP contribution in [0.2, 0.25) is 0 Å². The zero-order valence-corrected chi connectivity index (χ0v) is 16.3. The average Bonchev–Trinajstić information content (AvgIpc) is 3.34. The largest absolute Gasteiger partial charge is 0.497 e. The minimum absolute atomic E-state index is 0.211. The Morgan fingerprint density at radius 3 is 2.75 bits per heavy atom. The van der Waals surface area contributed by atoms with E-state index in [9.17, 15) is 4.79 Å². The molecule has 0 atom stereocenters. The van der Waals surface area contributed by atoms with E-state index in [1.54, 1.807) is 23.7 Å². The molecule has 0 radical (unpaired) electrons. The molecule has 0 bridgehead atoms. The molecule has 2 aromatic heterocycles. The molecule has 0 unspecified atom stereocenters. The molecular formula is C20H24N6O2. The number of aromatic nitrogens is 4. The number of aromatic amines is 1. The fourth-order valence-corrected chi connectivity index (χ4v) is 3.09. The number of nitrogens with one attached hydrogen (secondary N) is 2. The molecule has 3 aromatic rings. The highest BCUT2D eigenvalue weighted by Crippen LogP contribution is 2.39. The smallest absolute Gasteiger partial charge is 0.323 e. The van der Waals surface area contributed by atoms with Gasteiger partial charge in [0.2, 0.25) is 0 Å². The van der Waals surface area contributed by atoms with Crippen molar-refractivity contribution >= 4 is 11.8 Å². The van der Waals surface area contributed by atoms with Crippen LogP contribution in [0.25, 0.3) is 5.69 Å². The monoisotopic (exact) mass is 380 g/mol. The molecule has 146 valence electrons. The molecule has 0 spiro atoms. The normalized spacial score (nSPS) is 13.4. The number of anilines is 1. The summed E-state index contributed by atoms with van der Waals surface area (Å²) in [6.07, 6.45) is 2.41. The van der Waals surface area contributed by atoms with Crippen molar-refractivity contribution in [3.63, 3.8) is 0 Å². The molecule has 2 heterocycles. The molecule has 1 fully saturated rings. The van der Waals surface area contributed by atoms with Gasteiger partial charge >= 0.3 is 6.03 Å². The molecule has 1 saturated carbocycles. The Hall–Kier alpha value is -3.29. The standard InChI is InChI=1S/C20H24N6O2/c1-13-10-19(26(24-13)16-6-8-17(28-3)9-7-16)21-20(27)25(2)12-15-11-18(23-22-15)14-4-5-14/h6-11,14H,4-5,12H2,1-3H3,(H,21,27)(H,22,23). The number of benzene rings is 1. The fourth-order valence-electron chi connectivity index (χ4n) is 3.09. The van der Waals surface area contributed by atoms with Crippen LogP contribution in [0.1, 0.15) is 35.8 Å². The van der Waals surface area contributed by atoms with Crippen LogP contribution in [0, 0.1) is 6.92 Å². The van der Waals surface area contributed by atoms with Gasteiger partial charge in [0.15, 0.2) is 0 Å². The molecule has 8 heteroatoms. The number of nitrogens with zero attached hydrogens (tertiary/aromatic N) is 4. The van der Waals surface area contributed by atoms with Gasteiger partial charge < -0.3 is 9.64 Å². The third-order valence-electron chi connectivity index (χ3n) is 4.78. The first-order valence-electron chi connectivity index (χ1n) is 9.31. The van der Waals surface area contributed by atoms with E-state index >= 15 is 0 Å². The Bertz CT molecular complexity index is 971. The van der Waals surface area contributed by atoms with E-state index < -0.39 is 0 Å². The SMILES string of the molecule is COc1ccc(-n2nc(C)cc2NC(=O)N(C)Cc2cc(C3CC3)n[nH]2)cc1. The van der Waals surface area contributed by atoms with Gasteiger partial charge in [-0.2, -0.15) is 10.2 Å². The molecule has 1 aliphatic carbocycles. The number of carbonyl (C=O) groups is 1. The highest BCUT2D eigenvalue weighted by molar-refractivity contribution is 5.88. The van der Waals surface area contributed by atoms with Crippen LogP contribution in [-0.4, -0.2) is 45.1 Å². The highest BCUT2D eigenvalue weighted by atomic mass is 16.5. The first-order chi connectivity index (χ1) is 13.5. The van der Waals surface area contributed by atoms with E-state index in [0.29, 0.717) is 18.3 Å². The lowest BCUT2D eigenvalue weighted by Crippen LogP contribution is -2.31. The summed E-state index contributed by atoms with van der Waals surface area (Å²) in [5, 5.41) is 14.8. The number of urea groups is 1. The van der Waals surface area contributed by atoms with Gasteiger partial charge in [0.25, 0.3) is 0 Å². The lowest BCUT2D eigenvalue weighted by atomic mass is 10.2. The van der Waals surface area contributed by atoms with E-state index in [4.69, 9.17) is 4.74 Å². The summed E-state index contributed by atoms with van der Waals surface area (Å²) < 4.78 is 6.91. The number of rotatable bonds is 6. The van der Waals surface area contributed by atoms with Crippen LogP contribution in [0.5, 0.6) is 5.75 Å². The maximum atomic E-state index is 12.7. The Morgan fingerprint density at radius 1 is 1.32 bits per heavy atom. The molecule has 1 aromatic carbocycles. The zero-order chi connectivity index (χ0) is 19.7. The van der Waals surface area contributed by atoms with Crippen molar-refractivity contribution in [2.24, 2.45) is 0 Å². The minimum atomic E-state index is -0.211. The van der Waals surface area contributed by atoms with Gasteiger partial charge in [-0.25, -0.2) is 9.48 Å². The third-order valence-corrected chi connectivity index (χ3v) is 4.78. The number of carbonyl (C=O) groups excluding carboxylic acids is 1. The number of hydrogen-bond donors (Lipinski definition) is 2. The maximum absolute atomic E-state index is 12.7. The van der Waals surface area contributed by atoms with Gasteiger partial charge in [-0.15, -0.1) is 0 Å². The van der Waals surface area contributed by atoms with Gasteiger partial charge in [-0.05, 0) is 50.1 Å². The number of hydrogen-bond acceptors (Lipinski definition) is 4. The van der Waals surface area contributed by atoms with Crippen molar-refractivity contribution < 1.29 is 9.53 Å². The first-order valence-corrected chi connectivity index (χ1v) is 9.31. The van der Waals surface area contributed by atoms with Crippen molar-refractivity contribution in [3.8, 4) is 11.4 Å². The predicted octanol–water partition coefficient (Wildman–Crippen LogP) is 3.45. The first kappa shape index (κ1) is 18.1. The molecule has 0 aliphatic heterocycles. The maximum Gasteiger partial charge on any atom is 0.323 e. The lowest BCUT2D eigenvalue weighted by molar-refractivity contribution is 0.220. The van der Waals surface area contributed by atoms with E-state index in [2.05, 4.69) is 20.6 Å². The second-order valence-corrected chi connectivity index (χ2v) is 7.16. The molecule has 28 heavy (non-hydrogen) atoms. The molecule has 8 nitrogen and oxygen atoms in total. The second kappa shape index (κ2) is 7.38. The third kappa shape index (κ3) is 3.85. The average molecular weight is 380 g/mol. The van der Waals surface area contributed by atoms with Gasteiger partial charge in [-0.1, -0.05) is 0 Å². The van der Waals surface area contributed by atoms with Crippen molar-refractivity contribution in [2.45, 2.75) is 32.2 Å². The lowest BCUT2D eigenvalue weighted by Gasteiger charge is -2.17. The highest BCUT2D eigenvalue weighted by Gasteiger charge is 2.26. The van der Waals surface area contributed by atoms with E-state index in [1.165, 1.54) is 12.8 Å². The Kier molecular flexibility index (Phi) is 4.77. The van der Waals surface area contributed by atoms with E-state index in [0.717, 1.165) is 28.5 Å². The number of H-pyrrole nitrogens is 1. The van der Waals surface area contributed by atoms with Crippen molar-refractivity contribution in [2.75, 3.05) is 19.5 Å². The minimum Gasteiger partial charge on any atom is -0.497 e. The molecule has 0 saturated heterocycles. The Morgan fingerprint density at radius 2 is 2.07 bits per heavy atom. The molecule has 2 amide bonds. The van der Waals surface area contributed by atoms with Gasteiger partial charge in [0.1, 0.15) is 11.6 Å². The summed E-state index contributed by atoms with van der Waals surface area (Å²) in [4.78, 5) is 14.3. The molecule has 2 N–H and O–H groups in total. The summed E-state index contributed by atoms with van der Waals surface area (Å²) in [5.41, 5.74) is 3.68. The summed E-state index contributed by atoms with van der Waals surface area (Å²) in [6.45, 7) is 2.35. The summed E-state index contributed by atoms with van der Waals surface area (Å²) in [6, 6.07) is 11.2. The topological polar surface area (TPSA) is 88.1 Å². The van der Waals surface area contributed by atoms with Crippen LogP contribution in [-0.2, 0) is 6.54 Å². The fraction of sp³-hybridized carbons (Fsp3) is 0.350. The van der Waals surface area contributed by atoms with Gasteiger partial charge in [0, 0.05) is 19.0 Å². The quantitative estimate of drug-likeness (QED) is 0.685. The van der Waals surface area contributed by atoms with E-state index in [-0.39, 0.29) is 6.03 Å². The van der Waals surface area contributed by atoms with Crippen molar-refractivity contribution in [1.82, 2.24) is 24.9 Å². The summed E-state index contributed by atoms with van der Waals surface area (Å²) in [5.74, 6) is 1.97. The van der Waals surface area contributed by atoms with Gasteiger partial charge in [0.05, 0.1) is 36.4 Å². The summed E-state index contributed by atoms with van der Waals surface area (Å²) in [7, 11) is 3.38. The number of methoxy groups -OCH3 is 1. The van der Waals surface area contributed by atoms with Crippen LogP contribution >= 0.6 is 0 Å². The van der Waals surface area contributed by atoms with Gasteiger partial charge in [-0.3, -0.25) is 10.4 Å². The van der Waals surface area contributed by atoms with E-state index in [1.807, 2.05) is 43.3 Å². The Labute approximate surface area is 163 Å². The van der Waals surface area contributed by atoms with Crippen molar-refractivity contribution in [1.29, 1.82) is 0 Å². The Balaban J connectivity index is 1.45. The number of ether oxygens (including phenoxy) is 1. The second-order valence-electron chi connectivity index (χ2n) is 7.16. The molecule has 4 rings (SSSR count). The number of amides is 2. The molecule has 1 aliphatic rings. The van der Waals surface area contributed by atoms with Crippen LogP contribution in [0.15, 0.2) is 36.4 Å². The predicted molar refractivity (Wildman–Crippen MR) is 106 cm³/mol. The number of aryl methyl sites for hydroxylation is 1. The van der Waals surface area contributed by atoms with Crippen LogP contribution < -0.4 is 10.1 Å². The van der Waals surface area contributed by atoms with Crippen LogP contribution in [0.3, 0.4) is 0 Å². The zero-order valence-electron chi connectivity index (χ0n) is 16.3.